The molecule has 0 aliphatic carbocycles. The Morgan fingerprint density at radius 2 is 1.97 bits per heavy atom. The van der Waals surface area contributed by atoms with Crippen molar-refractivity contribution < 1.29 is 0 Å². The van der Waals surface area contributed by atoms with Gasteiger partial charge in [-0.25, -0.2) is 4.98 Å². The SMILES string of the molecule is CN/C=C(\C=N)Nc1nc2ccccc2c(N2CCC(NC(C)(C)C)CC2)c1C#N. The number of nitrogens with zero attached hydrogens (tertiary/aromatic N) is 3. The second-order valence-corrected chi connectivity index (χ2v) is 8.63. The van der Waals surface area contributed by atoms with Crippen LogP contribution in [-0.2, 0) is 0 Å². The van der Waals surface area contributed by atoms with Crippen LogP contribution in [0.25, 0.3) is 10.9 Å². The van der Waals surface area contributed by atoms with Gasteiger partial charge in [0.2, 0.25) is 0 Å². The van der Waals surface area contributed by atoms with E-state index in [1.165, 1.54) is 6.21 Å². The summed E-state index contributed by atoms with van der Waals surface area (Å²) in [6.45, 7) is 8.34. The van der Waals surface area contributed by atoms with Gasteiger partial charge in [0.05, 0.1) is 16.9 Å². The summed E-state index contributed by atoms with van der Waals surface area (Å²) >= 11 is 0. The number of pyridine rings is 1. The van der Waals surface area contributed by atoms with E-state index in [9.17, 15) is 5.26 Å². The van der Waals surface area contributed by atoms with Gasteiger partial charge in [-0.3, -0.25) is 0 Å². The van der Waals surface area contributed by atoms with E-state index < -0.39 is 0 Å². The number of rotatable bonds is 6. The fraction of sp³-hybridized carbons (Fsp3) is 0.435. The summed E-state index contributed by atoms with van der Waals surface area (Å²) < 4.78 is 0. The van der Waals surface area contributed by atoms with Gasteiger partial charge >= 0.3 is 0 Å². The lowest BCUT2D eigenvalue weighted by molar-refractivity contribution is 0.317. The van der Waals surface area contributed by atoms with E-state index in [2.05, 4.69) is 47.7 Å². The zero-order chi connectivity index (χ0) is 21.7. The Bertz CT molecular complexity index is 973. The minimum absolute atomic E-state index is 0.0912. The lowest BCUT2D eigenvalue weighted by Crippen LogP contribution is -2.49. The van der Waals surface area contributed by atoms with Crippen molar-refractivity contribution in [3.8, 4) is 6.07 Å². The molecule has 0 bridgehead atoms. The molecule has 0 spiro atoms. The van der Waals surface area contributed by atoms with Crippen LogP contribution in [-0.4, -0.2) is 42.9 Å². The zero-order valence-electron chi connectivity index (χ0n) is 18.2. The van der Waals surface area contributed by atoms with Crippen LogP contribution < -0.4 is 20.9 Å². The third-order valence-electron chi connectivity index (χ3n) is 5.14. The van der Waals surface area contributed by atoms with Crippen molar-refractivity contribution in [3.05, 3.63) is 41.7 Å². The molecule has 4 N–H and O–H groups in total. The van der Waals surface area contributed by atoms with Crippen LogP contribution in [0.5, 0.6) is 0 Å². The minimum atomic E-state index is 0.0912. The number of para-hydroxylation sites is 1. The van der Waals surface area contributed by atoms with Crippen molar-refractivity contribution in [3.63, 3.8) is 0 Å². The average molecular weight is 406 g/mol. The highest BCUT2D eigenvalue weighted by atomic mass is 15.2. The largest absolute Gasteiger partial charge is 0.392 e. The number of allylic oxidation sites excluding steroid dienone is 1. The van der Waals surface area contributed by atoms with Gasteiger partial charge in [-0.05, 0) is 39.7 Å². The molecule has 0 atom stereocenters. The molecule has 1 aliphatic rings. The van der Waals surface area contributed by atoms with Crippen LogP contribution in [0, 0.1) is 16.7 Å². The summed E-state index contributed by atoms with van der Waals surface area (Å²) in [6, 6.07) is 10.8. The first-order valence-corrected chi connectivity index (χ1v) is 10.4. The summed E-state index contributed by atoms with van der Waals surface area (Å²) in [5, 5.41) is 28.4. The maximum Gasteiger partial charge on any atom is 0.151 e. The van der Waals surface area contributed by atoms with Gasteiger partial charge < -0.3 is 26.3 Å². The number of fused-ring (bicyclic) bond motifs is 1. The molecule has 1 aromatic heterocycles. The third-order valence-corrected chi connectivity index (χ3v) is 5.14. The van der Waals surface area contributed by atoms with Gasteiger partial charge in [-0.1, -0.05) is 18.2 Å². The van der Waals surface area contributed by atoms with Gasteiger partial charge in [0, 0.05) is 49.5 Å². The molecule has 0 amide bonds. The van der Waals surface area contributed by atoms with Gasteiger partial charge in [0.25, 0.3) is 0 Å². The fourth-order valence-corrected chi connectivity index (χ4v) is 3.99. The predicted octanol–water partition coefficient (Wildman–Crippen LogP) is 3.59. The van der Waals surface area contributed by atoms with Crippen molar-refractivity contribution in [1.29, 1.82) is 10.7 Å². The predicted molar refractivity (Wildman–Crippen MR) is 124 cm³/mol. The van der Waals surface area contributed by atoms with E-state index in [1.807, 2.05) is 24.3 Å². The van der Waals surface area contributed by atoms with E-state index in [0.717, 1.165) is 42.5 Å². The van der Waals surface area contributed by atoms with E-state index in [-0.39, 0.29) is 5.54 Å². The van der Waals surface area contributed by atoms with Crippen LogP contribution in [0.3, 0.4) is 0 Å². The maximum atomic E-state index is 10.0. The number of aromatic nitrogens is 1. The van der Waals surface area contributed by atoms with Gasteiger partial charge in [0.15, 0.2) is 5.82 Å². The standard InChI is InChI=1S/C23H31N7/c1-23(2,3)29-16-9-11-30(12-10-16)21-18-7-5-6-8-20(18)28-22(19(21)14-25)27-17(13-24)15-26-4/h5-8,13,15-16,24,26,29H,9-12H2,1-4H3,(H,27,28)/b17-15+,24-13?. The van der Waals surface area contributed by atoms with Crippen LogP contribution in [0.2, 0.25) is 0 Å². The lowest BCUT2D eigenvalue weighted by Gasteiger charge is -2.38. The highest BCUT2D eigenvalue weighted by Crippen LogP contribution is 2.35. The Morgan fingerprint density at radius 1 is 1.27 bits per heavy atom. The number of hydrogen-bond acceptors (Lipinski definition) is 7. The number of benzene rings is 1. The van der Waals surface area contributed by atoms with E-state index in [4.69, 9.17) is 10.4 Å². The van der Waals surface area contributed by atoms with E-state index in [1.54, 1.807) is 13.2 Å². The summed E-state index contributed by atoms with van der Waals surface area (Å²) in [5.74, 6) is 0.478. The first-order valence-electron chi connectivity index (χ1n) is 10.4. The quantitative estimate of drug-likeness (QED) is 0.548. The van der Waals surface area contributed by atoms with Crippen molar-refractivity contribution in [2.24, 2.45) is 0 Å². The summed E-state index contributed by atoms with van der Waals surface area (Å²) in [4.78, 5) is 7.00. The second kappa shape index (κ2) is 9.14. The Kier molecular flexibility index (Phi) is 6.58. The molecule has 1 aromatic carbocycles. The molecular formula is C23H31N7. The minimum Gasteiger partial charge on any atom is -0.392 e. The number of nitrogens with one attached hydrogen (secondary N) is 4. The molecule has 7 heteroatoms. The molecule has 158 valence electrons. The summed E-state index contributed by atoms with van der Waals surface area (Å²) in [6.07, 6.45) is 4.92. The van der Waals surface area contributed by atoms with Crippen LogP contribution >= 0.6 is 0 Å². The van der Waals surface area contributed by atoms with Crippen molar-refractivity contribution in [1.82, 2.24) is 15.6 Å². The topological polar surface area (TPSA) is 99.9 Å². The molecular weight excluding hydrogens is 374 g/mol. The monoisotopic (exact) mass is 405 g/mol. The Hall–Kier alpha value is -3.11. The van der Waals surface area contributed by atoms with E-state index in [0.29, 0.717) is 23.1 Å². The summed E-state index contributed by atoms with van der Waals surface area (Å²) in [5.41, 5.74) is 2.90. The molecule has 1 fully saturated rings. The van der Waals surface area contributed by atoms with E-state index >= 15 is 0 Å². The zero-order valence-corrected chi connectivity index (χ0v) is 18.2. The average Bonchev–Trinajstić information content (AvgIpc) is 2.72. The molecule has 7 nitrogen and oxygen atoms in total. The number of nitriles is 1. The molecule has 1 aliphatic heterocycles. The van der Waals surface area contributed by atoms with Gasteiger partial charge in [-0.15, -0.1) is 0 Å². The second-order valence-electron chi connectivity index (χ2n) is 8.63. The first kappa shape index (κ1) is 21.6. The Morgan fingerprint density at radius 3 is 2.57 bits per heavy atom. The smallest absolute Gasteiger partial charge is 0.151 e. The molecule has 0 unspecified atom stereocenters. The van der Waals surface area contributed by atoms with Crippen LogP contribution in [0.1, 0.15) is 39.2 Å². The molecule has 3 rings (SSSR count). The highest BCUT2D eigenvalue weighted by molar-refractivity contribution is 5.98. The van der Waals surface area contributed by atoms with Crippen LogP contribution in [0.4, 0.5) is 11.5 Å². The van der Waals surface area contributed by atoms with Crippen molar-refractivity contribution in [2.45, 2.75) is 45.2 Å². The number of anilines is 2. The Labute approximate surface area is 178 Å². The van der Waals surface area contributed by atoms with Gasteiger partial charge in [0.1, 0.15) is 11.6 Å². The number of hydrogen-bond donors (Lipinski definition) is 4. The first-order chi connectivity index (χ1) is 14.4. The maximum absolute atomic E-state index is 10.0. The molecule has 0 saturated carbocycles. The van der Waals surface area contributed by atoms with Crippen molar-refractivity contribution >= 4 is 28.6 Å². The van der Waals surface area contributed by atoms with Crippen LogP contribution in [0.15, 0.2) is 36.2 Å². The molecule has 0 radical (unpaired) electrons. The summed E-state index contributed by atoms with van der Waals surface area (Å²) in [7, 11) is 1.77. The number of piperidine rings is 1. The van der Waals surface area contributed by atoms with Gasteiger partial charge in [-0.2, -0.15) is 5.26 Å². The van der Waals surface area contributed by atoms with Crippen molar-refractivity contribution in [2.75, 3.05) is 30.4 Å². The normalized spacial score (nSPS) is 15.7. The fourth-order valence-electron chi connectivity index (χ4n) is 3.99. The highest BCUT2D eigenvalue weighted by Gasteiger charge is 2.27. The molecule has 30 heavy (non-hydrogen) atoms. The molecule has 2 aromatic rings. The Balaban J connectivity index is 2.00. The lowest BCUT2D eigenvalue weighted by atomic mass is 9.98. The third kappa shape index (κ3) is 4.89. The molecule has 2 heterocycles. The molecule has 1 saturated heterocycles.